The van der Waals surface area contributed by atoms with E-state index in [1.54, 1.807) is 17.7 Å². The smallest absolute Gasteiger partial charge is 0.189 e. The first-order valence-electron chi connectivity index (χ1n) is 7.94. The molecule has 0 spiro atoms. The van der Waals surface area contributed by atoms with Crippen LogP contribution in [0.2, 0.25) is 0 Å². The fraction of sp³-hybridized carbons (Fsp3) is 0.235. The minimum atomic E-state index is 0.497. The summed E-state index contributed by atoms with van der Waals surface area (Å²) in [6.45, 7) is 0. The van der Waals surface area contributed by atoms with E-state index in [0.717, 1.165) is 34.6 Å². The lowest BCUT2D eigenvalue weighted by atomic mass is 9.97. The number of aryl methyl sites for hydroxylation is 2. The number of hydrogen-bond donors (Lipinski definition) is 3. The number of hydrogen-bond acceptors (Lipinski definition) is 5. The van der Waals surface area contributed by atoms with Crippen molar-refractivity contribution in [2.75, 3.05) is 10.7 Å². The quantitative estimate of drug-likeness (QED) is 0.489. The van der Waals surface area contributed by atoms with Crippen LogP contribution in [-0.4, -0.2) is 15.1 Å². The van der Waals surface area contributed by atoms with Gasteiger partial charge in [0.15, 0.2) is 10.9 Å². The average Bonchev–Trinajstić information content (AvgIpc) is 3.00. The Morgan fingerprint density at radius 2 is 1.92 bits per heavy atom. The molecule has 3 N–H and O–H groups in total. The predicted molar refractivity (Wildman–Crippen MR) is 103 cm³/mol. The minimum absolute atomic E-state index is 0.497. The van der Waals surface area contributed by atoms with Gasteiger partial charge in [0.05, 0.1) is 5.39 Å². The summed E-state index contributed by atoms with van der Waals surface area (Å²) in [7, 11) is 0. The van der Waals surface area contributed by atoms with Gasteiger partial charge in [0.2, 0.25) is 0 Å². The van der Waals surface area contributed by atoms with Gasteiger partial charge >= 0.3 is 0 Å². The van der Waals surface area contributed by atoms with Gasteiger partial charge in [-0.3, -0.25) is 10.9 Å². The third kappa shape index (κ3) is 3.05. The van der Waals surface area contributed by atoms with E-state index in [1.807, 2.05) is 30.3 Å². The second-order valence-corrected chi connectivity index (χ2v) is 7.18. The van der Waals surface area contributed by atoms with Gasteiger partial charge in [-0.2, -0.15) is 0 Å². The second kappa shape index (κ2) is 6.70. The van der Waals surface area contributed by atoms with Gasteiger partial charge in [-0.1, -0.05) is 18.2 Å². The molecule has 0 unspecified atom stereocenters. The molecule has 0 bridgehead atoms. The first-order valence-corrected chi connectivity index (χ1v) is 9.17. The molecule has 3 aromatic rings. The van der Waals surface area contributed by atoms with Gasteiger partial charge in [-0.15, -0.1) is 11.3 Å². The number of aromatic nitrogens is 2. The number of thiophene rings is 1. The molecule has 4 rings (SSSR count). The van der Waals surface area contributed by atoms with Crippen molar-refractivity contribution in [2.24, 2.45) is 0 Å². The van der Waals surface area contributed by atoms with E-state index in [0.29, 0.717) is 5.11 Å². The number of fused-ring (bicyclic) bond motifs is 3. The van der Waals surface area contributed by atoms with Crippen LogP contribution in [0.1, 0.15) is 23.3 Å². The fourth-order valence-electron chi connectivity index (χ4n) is 2.98. The highest BCUT2D eigenvalue weighted by atomic mass is 32.1. The molecule has 5 nitrogen and oxygen atoms in total. The molecule has 24 heavy (non-hydrogen) atoms. The van der Waals surface area contributed by atoms with Gasteiger partial charge in [-0.05, 0) is 55.6 Å². The average molecular weight is 355 g/mol. The summed E-state index contributed by atoms with van der Waals surface area (Å²) in [4.78, 5) is 11.3. The molecule has 1 aromatic carbocycles. The van der Waals surface area contributed by atoms with Crippen LogP contribution in [-0.2, 0) is 12.8 Å². The topological polar surface area (TPSA) is 61.9 Å². The van der Waals surface area contributed by atoms with Crippen LogP contribution < -0.4 is 16.2 Å². The normalized spacial score (nSPS) is 13.3. The Hall–Kier alpha value is -2.25. The first kappa shape index (κ1) is 15.3. The van der Waals surface area contributed by atoms with Crippen LogP contribution in [0.5, 0.6) is 0 Å². The second-order valence-electron chi connectivity index (χ2n) is 5.68. The zero-order valence-electron chi connectivity index (χ0n) is 13.0. The standard InChI is InChI=1S/C17H17N5S2/c23-17(20-11-6-2-1-3-7-11)22-21-15-14-12-8-4-5-9-13(12)24-16(14)19-10-18-15/h1-3,6-7,10H,4-5,8-9H2,(H,18,19,21)(H2,20,22,23). The molecule has 0 fully saturated rings. The largest absolute Gasteiger partial charge is 0.331 e. The summed E-state index contributed by atoms with van der Waals surface area (Å²) in [5.74, 6) is 0.789. The molecule has 1 aliphatic rings. The zero-order valence-corrected chi connectivity index (χ0v) is 14.6. The third-order valence-electron chi connectivity index (χ3n) is 4.08. The number of rotatable bonds is 3. The molecule has 2 aromatic heterocycles. The van der Waals surface area contributed by atoms with Gasteiger partial charge in [0, 0.05) is 10.6 Å². The highest BCUT2D eigenvalue weighted by Gasteiger charge is 2.19. The molecular weight excluding hydrogens is 338 g/mol. The van der Waals surface area contributed by atoms with Crippen molar-refractivity contribution in [3.63, 3.8) is 0 Å². The molecule has 2 heterocycles. The van der Waals surface area contributed by atoms with E-state index in [1.165, 1.54) is 23.3 Å². The van der Waals surface area contributed by atoms with E-state index < -0.39 is 0 Å². The van der Waals surface area contributed by atoms with E-state index in [4.69, 9.17) is 12.2 Å². The van der Waals surface area contributed by atoms with Gasteiger partial charge < -0.3 is 5.32 Å². The summed E-state index contributed by atoms with van der Waals surface area (Å²) in [5, 5.41) is 4.76. The maximum atomic E-state index is 5.33. The molecule has 0 radical (unpaired) electrons. The molecule has 0 atom stereocenters. The minimum Gasteiger partial charge on any atom is -0.331 e. The van der Waals surface area contributed by atoms with Gasteiger partial charge in [0.1, 0.15) is 11.2 Å². The van der Waals surface area contributed by atoms with E-state index in [-0.39, 0.29) is 0 Å². The molecule has 0 saturated carbocycles. The van der Waals surface area contributed by atoms with Crippen LogP contribution in [0.25, 0.3) is 10.2 Å². The van der Waals surface area contributed by atoms with Crippen LogP contribution in [0.3, 0.4) is 0 Å². The SMILES string of the molecule is S=C(NNc1ncnc2sc3c(c12)CCCC3)Nc1ccccc1. The Balaban J connectivity index is 1.52. The first-order chi connectivity index (χ1) is 11.8. The van der Waals surface area contributed by atoms with Crippen LogP contribution >= 0.6 is 23.6 Å². The molecule has 1 aliphatic carbocycles. The van der Waals surface area contributed by atoms with Crippen LogP contribution in [0.15, 0.2) is 36.7 Å². The van der Waals surface area contributed by atoms with E-state index >= 15 is 0 Å². The van der Waals surface area contributed by atoms with E-state index in [9.17, 15) is 0 Å². The number of nitrogens with one attached hydrogen (secondary N) is 3. The summed E-state index contributed by atoms with van der Waals surface area (Å²) < 4.78 is 0. The highest BCUT2D eigenvalue weighted by molar-refractivity contribution is 7.80. The van der Waals surface area contributed by atoms with Crippen molar-refractivity contribution in [1.82, 2.24) is 15.4 Å². The van der Waals surface area contributed by atoms with Gasteiger partial charge in [0.25, 0.3) is 0 Å². The molecule has 0 saturated heterocycles. The molecular formula is C17H17N5S2. The molecule has 122 valence electrons. The van der Waals surface area contributed by atoms with Crippen molar-refractivity contribution in [3.8, 4) is 0 Å². The monoisotopic (exact) mass is 355 g/mol. The Morgan fingerprint density at radius 3 is 2.79 bits per heavy atom. The summed E-state index contributed by atoms with van der Waals surface area (Å²) in [5.41, 5.74) is 8.51. The number of benzene rings is 1. The van der Waals surface area contributed by atoms with Crippen molar-refractivity contribution in [2.45, 2.75) is 25.7 Å². The molecule has 0 aliphatic heterocycles. The van der Waals surface area contributed by atoms with Crippen LogP contribution in [0.4, 0.5) is 11.5 Å². The van der Waals surface area contributed by atoms with Crippen molar-refractivity contribution in [3.05, 3.63) is 47.1 Å². The maximum Gasteiger partial charge on any atom is 0.189 e. The Bertz CT molecular complexity index is 875. The maximum absolute atomic E-state index is 5.33. The predicted octanol–water partition coefficient (Wildman–Crippen LogP) is 3.88. The molecule has 7 heteroatoms. The fourth-order valence-corrected chi connectivity index (χ4v) is 4.38. The Labute approximate surface area is 149 Å². The summed E-state index contributed by atoms with van der Waals surface area (Å²) in [6, 6.07) is 9.82. The summed E-state index contributed by atoms with van der Waals surface area (Å²) >= 11 is 7.12. The van der Waals surface area contributed by atoms with Crippen molar-refractivity contribution in [1.29, 1.82) is 0 Å². The lowest BCUT2D eigenvalue weighted by Gasteiger charge is -2.14. The Morgan fingerprint density at radius 1 is 1.08 bits per heavy atom. The number of anilines is 2. The Kier molecular flexibility index (Phi) is 4.27. The zero-order chi connectivity index (χ0) is 16.4. The number of para-hydroxylation sites is 1. The number of hydrazine groups is 1. The van der Waals surface area contributed by atoms with Crippen LogP contribution in [0, 0.1) is 0 Å². The van der Waals surface area contributed by atoms with Gasteiger partial charge in [-0.25, -0.2) is 9.97 Å². The van der Waals surface area contributed by atoms with E-state index in [2.05, 4.69) is 26.1 Å². The number of nitrogens with zero attached hydrogens (tertiary/aromatic N) is 2. The lowest BCUT2D eigenvalue weighted by molar-refractivity contribution is 0.700. The summed E-state index contributed by atoms with van der Waals surface area (Å²) in [6.07, 6.45) is 6.34. The highest BCUT2D eigenvalue weighted by Crippen LogP contribution is 2.37. The van der Waals surface area contributed by atoms with Crippen molar-refractivity contribution < 1.29 is 0 Å². The lowest BCUT2D eigenvalue weighted by Crippen LogP contribution is -2.33. The third-order valence-corrected chi connectivity index (χ3v) is 5.48. The molecule has 0 amide bonds. The van der Waals surface area contributed by atoms with Crippen molar-refractivity contribution >= 4 is 50.4 Å². The number of thiocarbonyl (C=S) groups is 1.